The quantitative estimate of drug-likeness (QED) is 0.673. The molecule has 0 saturated carbocycles. The summed E-state index contributed by atoms with van der Waals surface area (Å²) in [7, 11) is 0. The summed E-state index contributed by atoms with van der Waals surface area (Å²) < 4.78 is 4.96. The van der Waals surface area contributed by atoms with Crippen LogP contribution in [0.3, 0.4) is 0 Å². The van der Waals surface area contributed by atoms with Gasteiger partial charge in [-0.3, -0.25) is 9.59 Å². The van der Waals surface area contributed by atoms with E-state index in [-0.39, 0.29) is 5.78 Å². The van der Waals surface area contributed by atoms with Crippen LogP contribution in [0.25, 0.3) is 0 Å². The standard InChI is InChI=1S/C13H16ClNO3/c1-7-4-10(5-11(14)13(7)15)6-12(8(2)16)18-9(3)17/h4-5,12H,6,15H2,1-3H3/t12-/m1/s1. The first-order valence-electron chi connectivity index (χ1n) is 5.53. The van der Waals surface area contributed by atoms with Gasteiger partial charge in [0.25, 0.3) is 0 Å². The summed E-state index contributed by atoms with van der Waals surface area (Å²) >= 11 is 5.97. The lowest BCUT2D eigenvalue weighted by atomic mass is 10.0. The maximum atomic E-state index is 11.4. The van der Waals surface area contributed by atoms with Crippen LogP contribution in [0.15, 0.2) is 12.1 Å². The van der Waals surface area contributed by atoms with Gasteiger partial charge in [-0.05, 0) is 31.0 Å². The van der Waals surface area contributed by atoms with Crippen molar-refractivity contribution in [1.29, 1.82) is 0 Å². The van der Waals surface area contributed by atoms with Gasteiger partial charge in [-0.2, -0.15) is 0 Å². The second-order valence-electron chi connectivity index (χ2n) is 4.22. The third-order valence-corrected chi connectivity index (χ3v) is 2.89. The van der Waals surface area contributed by atoms with E-state index in [1.165, 1.54) is 13.8 Å². The highest BCUT2D eigenvalue weighted by Crippen LogP contribution is 2.25. The Morgan fingerprint density at radius 3 is 2.44 bits per heavy atom. The van der Waals surface area contributed by atoms with Crippen LogP contribution in [0.2, 0.25) is 5.02 Å². The van der Waals surface area contributed by atoms with Crippen molar-refractivity contribution in [1.82, 2.24) is 0 Å². The molecule has 4 nitrogen and oxygen atoms in total. The van der Waals surface area contributed by atoms with Crippen LogP contribution in [0.1, 0.15) is 25.0 Å². The van der Waals surface area contributed by atoms with Crippen molar-refractivity contribution in [2.45, 2.75) is 33.3 Å². The number of hydrogen-bond acceptors (Lipinski definition) is 4. The molecular weight excluding hydrogens is 254 g/mol. The van der Waals surface area contributed by atoms with Crippen molar-refractivity contribution >= 4 is 29.0 Å². The van der Waals surface area contributed by atoms with Crippen molar-refractivity contribution in [3.05, 3.63) is 28.3 Å². The summed E-state index contributed by atoms with van der Waals surface area (Å²) in [6.45, 7) is 4.50. The number of carbonyl (C=O) groups excluding carboxylic acids is 2. The van der Waals surface area contributed by atoms with Gasteiger partial charge in [0.1, 0.15) is 0 Å². The molecule has 5 heteroatoms. The van der Waals surface area contributed by atoms with Gasteiger partial charge in [0.2, 0.25) is 0 Å². The number of nitrogen functional groups attached to an aromatic ring is 1. The Kier molecular flexibility index (Phi) is 4.73. The summed E-state index contributed by atoms with van der Waals surface area (Å²) in [4.78, 5) is 22.3. The first kappa shape index (κ1) is 14.5. The highest BCUT2D eigenvalue weighted by atomic mass is 35.5. The van der Waals surface area contributed by atoms with Gasteiger partial charge in [-0.25, -0.2) is 0 Å². The van der Waals surface area contributed by atoms with Crippen molar-refractivity contribution in [2.24, 2.45) is 0 Å². The number of halogens is 1. The molecular formula is C13H16ClNO3. The molecule has 0 heterocycles. The predicted molar refractivity (Wildman–Crippen MR) is 70.5 cm³/mol. The number of rotatable bonds is 4. The van der Waals surface area contributed by atoms with Gasteiger partial charge < -0.3 is 10.5 Å². The minimum atomic E-state index is -0.776. The topological polar surface area (TPSA) is 69.4 Å². The van der Waals surface area contributed by atoms with Crippen LogP contribution >= 0.6 is 11.6 Å². The van der Waals surface area contributed by atoms with E-state index in [1.54, 1.807) is 6.07 Å². The van der Waals surface area contributed by atoms with Crippen LogP contribution in [0, 0.1) is 6.92 Å². The molecule has 98 valence electrons. The summed E-state index contributed by atoms with van der Waals surface area (Å²) in [6, 6.07) is 3.52. The summed E-state index contributed by atoms with van der Waals surface area (Å²) in [5, 5.41) is 0.440. The van der Waals surface area contributed by atoms with E-state index >= 15 is 0 Å². The predicted octanol–water partition coefficient (Wildman–Crippen LogP) is 2.29. The van der Waals surface area contributed by atoms with E-state index in [0.29, 0.717) is 17.1 Å². The van der Waals surface area contributed by atoms with Crippen LogP contribution in [0.4, 0.5) is 5.69 Å². The third-order valence-electron chi connectivity index (χ3n) is 2.58. The fraction of sp³-hybridized carbons (Fsp3) is 0.385. The normalized spacial score (nSPS) is 12.0. The van der Waals surface area contributed by atoms with E-state index in [2.05, 4.69) is 0 Å². The summed E-state index contributed by atoms with van der Waals surface area (Å²) in [6.07, 6.45) is -0.475. The van der Waals surface area contributed by atoms with E-state index in [0.717, 1.165) is 11.1 Å². The number of esters is 1. The molecule has 0 spiro atoms. The molecule has 0 aromatic heterocycles. The van der Waals surface area contributed by atoms with Crippen LogP contribution in [-0.4, -0.2) is 17.9 Å². The molecule has 2 N–H and O–H groups in total. The zero-order valence-corrected chi connectivity index (χ0v) is 11.4. The molecule has 1 atom stereocenters. The first-order valence-corrected chi connectivity index (χ1v) is 5.91. The Hall–Kier alpha value is -1.55. The molecule has 1 aromatic rings. The Morgan fingerprint density at radius 1 is 1.39 bits per heavy atom. The first-order chi connectivity index (χ1) is 8.31. The van der Waals surface area contributed by atoms with Gasteiger partial charge >= 0.3 is 5.97 Å². The van der Waals surface area contributed by atoms with Gasteiger partial charge in [-0.15, -0.1) is 0 Å². The number of nitrogens with two attached hydrogens (primary N) is 1. The number of ketones is 1. The molecule has 1 rings (SSSR count). The van der Waals surface area contributed by atoms with Gasteiger partial charge in [0.15, 0.2) is 11.9 Å². The average molecular weight is 270 g/mol. The monoisotopic (exact) mass is 269 g/mol. The number of hydrogen-bond donors (Lipinski definition) is 1. The van der Waals surface area contributed by atoms with Crippen molar-refractivity contribution < 1.29 is 14.3 Å². The van der Waals surface area contributed by atoms with Crippen molar-refractivity contribution in [3.8, 4) is 0 Å². The maximum absolute atomic E-state index is 11.4. The number of Topliss-reactive ketones (excluding diaryl/α,β-unsaturated/α-hetero) is 1. The maximum Gasteiger partial charge on any atom is 0.303 e. The average Bonchev–Trinajstić information content (AvgIpc) is 2.24. The molecule has 18 heavy (non-hydrogen) atoms. The lowest BCUT2D eigenvalue weighted by molar-refractivity contribution is -0.152. The van der Waals surface area contributed by atoms with Crippen molar-refractivity contribution in [2.75, 3.05) is 5.73 Å². The van der Waals surface area contributed by atoms with Crippen LogP contribution < -0.4 is 5.73 Å². The number of benzene rings is 1. The lowest BCUT2D eigenvalue weighted by Crippen LogP contribution is -2.26. The molecule has 0 saturated heterocycles. The minimum absolute atomic E-state index is 0.198. The fourth-order valence-corrected chi connectivity index (χ4v) is 1.92. The van der Waals surface area contributed by atoms with Gasteiger partial charge in [-0.1, -0.05) is 17.7 Å². The van der Waals surface area contributed by atoms with E-state index < -0.39 is 12.1 Å². The third kappa shape index (κ3) is 3.74. The second-order valence-corrected chi connectivity index (χ2v) is 4.63. The van der Waals surface area contributed by atoms with E-state index in [1.807, 2.05) is 13.0 Å². The highest BCUT2D eigenvalue weighted by molar-refractivity contribution is 6.33. The van der Waals surface area contributed by atoms with Crippen molar-refractivity contribution in [3.63, 3.8) is 0 Å². The molecule has 0 amide bonds. The summed E-state index contributed by atoms with van der Waals surface area (Å²) in [5.74, 6) is -0.677. The molecule has 0 fully saturated rings. The number of aryl methyl sites for hydroxylation is 1. The Morgan fingerprint density at radius 2 is 2.00 bits per heavy atom. The molecule has 0 bridgehead atoms. The zero-order chi connectivity index (χ0) is 13.9. The molecule has 0 aliphatic heterocycles. The molecule has 0 unspecified atom stereocenters. The number of carbonyl (C=O) groups is 2. The smallest absolute Gasteiger partial charge is 0.303 e. The zero-order valence-electron chi connectivity index (χ0n) is 10.6. The Labute approximate surface area is 111 Å². The molecule has 0 radical (unpaired) electrons. The van der Waals surface area contributed by atoms with E-state index in [4.69, 9.17) is 22.1 Å². The summed E-state index contributed by atoms with van der Waals surface area (Å²) in [5.41, 5.74) is 7.91. The van der Waals surface area contributed by atoms with Gasteiger partial charge in [0, 0.05) is 13.3 Å². The van der Waals surface area contributed by atoms with Crippen LogP contribution in [0.5, 0.6) is 0 Å². The fourth-order valence-electron chi connectivity index (χ4n) is 1.63. The number of anilines is 1. The highest BCUT2D eigenvalue weighted by Gasteiger charge is 2.18. The Bertz CT molecular complexity index is 462. The van der Waals surface area contributed by atoms with Gasteiger partial charge in [0.05, 0.1) is 10.7 Å². The number of ether oxygens (including phenoxy) is 1. The SMILES string of the molecule is CC(=O)O[C@H](Cc1cc(C)c(N)c(Cl)c1)C(C)=O. The Balaban J connectivity index is 2.94. The van der Waals surface area contributed by atoms with E-state index in [9.17, 15) is 9.59 Å². The minimum Gasteiger partial charge on any atom is -0.454 e. The molecule has 1 aromatic carbocycles. The second kappa shape index (κ2) is 5.87. The van der Waals surface area contributed by atoms with Crippen LogP contribution in [-0.2, 0) is 20.7 Å². The largest absolute Gasteiger partial charge is 0.454 e. The molecule has 0 aliphatic carbocycles. The molecule has 0 aliphatic rings. The lowest BCUT2D eigenvalue weighted by Gasteiger charge is -2.15.